The molecule has 2 aliphatic rings. The monoisotopic (exact) mass is 340 g/mol. The lowest BCUT2D eigenvalue weighted by atomic mass is 10.0. The van der Waals surface area contributed by atoms with Gasteiger partial charge in [0.1, 0.15) is 17.5 Å². The molecule has 2 aliphatic heterocycles. The number of rotatable bonds is 3. The molecule has 2 atom stereocenters. The van der Waals surface area contributed by atoms with Crippen molar-refractivity contribution in [1.29, 1.82) is 0 Å². The molecule has 0 radical (unpaired) electrons. The van der Waals surface area contributed by atoms with Crippen molar-refractivity contribution in [2.75, 3.05) is 25.7 Å². The van der Waals surface area contributed by atoms with Gasteiger partial charge in [-0.25, -0.2) is 9.86 Å². The number of aromatic carboxylic acids is 1. The van der Waals surface area contributed by atoms with Crippen LogP contribution in [0.2, 0.25) is 0 Å². The summed E-state index contributed by atoms with van der Waals surface area (Å²) in [6.07, 6.45) is 0.849. The Morgan fingerprint density at radius 1 is 1.24 bits per heavy atom. The largest absolute Gasteiger partial charge is 0.478 e. The molecule has 0 spiro atoms. The molecule has 0 bridgehead atoms. The number of carboxylic acids is 1. The van der Waals surface area contributed by atoms with E-state index < -0.39 is 5.97 Å². The van der Waals surface area contributed by atoms with Crippen LogP contribution in [0.4, 0.5) is 5.69 Å². The first-order valence-corrected chi connectivity index (χ1v) is 8.28. The molecule has 2 aromatic rings. The number of ether oxygens (including phenoxy) is 1. The Hall–Kier alpha value is -2.57. The van der Waals surface area contributed by atoms with Gasteiger partial charge in [-0.2, -0.15) is 0 Å². The van der Waals surface area contributed by atoms with Gasteiger partial charge in [0.25, 0.3) is 0 Å². The number of para-hydroxylation sites is 1. The minimum atomic E-state index is -0.967. The van der Waals surface area contributed by atoms with Gasteiger partial charge in [-0.15, -0.1) is 0 Å². The Morgan fingerprint density at radius 2 is 2.04 bits per heavy atom. The Bertz CT molecular complexity index is 821. The third kappa shape index (κ3) is 2.83. The maximum absolute atomic E-state index is 11.4. The number of nitrogens with zero attached hydrogens (tertiary/aromatic N) is 2. The van der Waals surface area contributed by atoms with E-state index in [0.717, 1.165) is 24.3 Å². The van der Waals surface area contributed by atoms with Gasteiger partial charge in [-0.3, -0.25) is 4.84 Å². The van der Waals surface area contributed by atoms with Crippen molar-refractivity contribution in [1.82, 2.24) is 4.90 Å². The zero-order valence-electron chi connectivity index (χ0n) is 14.2. The second kappa shape index (κ2) is 6.06. The van der Waals surface area contributed by atoms with Crippen LogP contribution in [0.3, 0.4) is 0 Å². The van der Waals surface area contributed by atoms with E-state index in [2.05, 4.69) is 4.90 Å². The average molecular weight is 340 g/mol. The molecule has 2 aromatic carbocycles. The van der Waals surface area contributed by atoms with Gasteiger partial charge in [0.15, 0.2) is 5.75 Å². The molecule has 0 aromatic heterocycles. The summed E-state index contributed by atoms with van der Waals surface area (Å²) >= 11 is 0. The number of likely N-dealkylation sites (N-methyl/N-ethyl adjacent to an activating group) is 1. The van der Waals surface area contributed by atoms with Gasteiger partial charge < -0.3 is 14.7 Å². The highest BCUT2D eigenvalue weighted by molar-refractivity contribution is 5.89. The Kier molecular flexibility index (Phi) is 3.86. The molecule has 1 N–H and O–H groups in total. The van der Waals surface area contributed by atoms with Crippen molar-refractivity contribution in [2.24, 2.45) is 0 Å². The van der Waals surface area contributed by atoms with E-state index in [1.54, 1.807) is 18.2 Å². The number of hydroxylamine groups is 1. The molecular formula is C19H20N2O4. The Morgan fingerprint density at radius 3 is 2.80 bits per heavy atom. The fourth-order valence-electron chi connectivity index (χ4n) is 3.49. The predicted molar refractivity (Wildman–Crippen MR) is 93.2 cm³/mol. The smallest absolute Gasteiger partial charge is 0.335 e. The van der Waals surface area contributed by atoms with E-state index in [9.17, 15) is 9.90 Å². The molecule has 4 rings (SSSR count). The van der Waals surface area contributed by atoms with E-state index in [0.29, 0.717) is 11.4 Å². The molecule has 0 aliphatic carbocycles. The first-order chi connectivity index (χ1) is 12.0. The van der Waals surface area contributed by atoms with Crippen molar-refractivity contribution in [3.63, 3.8) is 0 Å². The van der Waals surface area contributed by atoms with E-state index in [1.165, 1.54) is 0 Å². The lowest BCUT2D eigenvalue weighted by Gasteiger charge is -2.24. The van der Waals surface area contributed by atoms with Crippen LogP contribution in [-0.2, 0) is 4.84 Å². The molecule has 0 saturated carbocycles. The highest BCUT2D eigenvalue weighted by Gasteiger charge is 2.40. The molecule has 1 saturated heterocycles. The fraction of sp³-hybridized carbons (Fsp3) is 0.316. The molecule has 6 heteroatoms. The van der Waals surface area contributed by atoms with E-state index in [4.69, 9.17) is 9.57 Å². The standard InChI is InChI=1S/C19H20N2O4/c1-20(2)11-13-10-15-14-5-3-4-6-17(14)24-18-8-7-12(19(22)23)9-16(18)21(15)25-13/h3-9,13,15H,10-11H2,1-2H3,(H,22,23). The second-order valence-corrected chi connectivity index (χ2v) is 6.69. The first-order valence-electron chi connectivity index (χ1n) is 8.28. The van der Waals surface area contributed by atoms with Gasteiger partial charge in [0, 0.05) is 18.5 Å². The summed E-state index contributed by atoms with van der Waals surface area (Å²) in [7, 11) is 4.03. The topological polar surface area (TPSA) is 62.2 Å². The van der Waals surface area contributed by atoms with E-state index in [-0.39, 0.29) is 17.7 Å². The molecule has 6 nitrogen and oxygen atoms in total. The Labute approximate surface area is 146 Å². The molecule has 0 amide bonds. The van der Waals surface area contributed by atoms with Crippen molar-refractivity contribution in [3.8, 4) is 11.5 Å². The lowest BCUT2D eigenvalue weighted by Crippen LogP contribution is -2.27. The van der Waals surface area contributed by atoms with Crippen molar-refractivity contribution in [3.05, 3.63) is 53.6 Å². The lowest BCUT2D eigenvalue weighted by molar-refractivity contribution is 0.0647. The Balaban J connectivity index is 1.81. The number of hydrogen-bond donors (Lipinski definition) is 1. The number of benzene rings is 2. The summed E-state index contributed by atoms with van der Waals surface area (Å²) in [4.78, 5) is 19.7. The number of carbonyl (C=O) groups is 1. The van der Waals surface area contributed by atoms with Crippen LogP contribution in [0.25, 0.3) is 0 Å². The number of anilines is 1. The molecule has 2 unspecified atom stereocenters. The maximum Gasteiger partial charge on any atom is 0.335 e. The molecular weight excluding hydrogens is 320 g/mol. The third-order valence-corrected chi connectivity index (χ3v) is 4.54. The van der Waals surface area contributed by atoms with Crippen LogP contribution < -0.4 is 9.80 Å². The summed E-state index contributed by atoms with van der Waals surface area (Å²) in [5.74, 6) is 0.420. The number of carboxylic acid groups (broad SMARTS) is 1. The summed E-state index contributed by atoms with van der Waals surface area (Å²) in [5.41, 5.74) is 1.92. The summed E-state index contributed by atoms with van der Waals surface area (Å²) < 4.78 is 6.06. The van der Waals surface area contributed by atoms with Crippen LogP contribution in [0.1, 0.15) is 28.4 Å². The normalized spacial score (nSPS) is 21.2. The van der Waals surface area contributed by atoms with Crippen LogP contribution in [0.15, 0.2) is 42.5 Å². The quantitative estimate of drug-likeness (QED) is 0.925. The average Bonchev–Trinajstić information content (AvgIpc) is 2.93. The fourth-order valence-corrected chi connectivity index (χ4v) is 3.49. The number of fused-ring (bicyclic) bond motifs is 5. The zero-order chi connectivity index (χ0) is 17.6. The third-order valence-electron chi connectivity index (χ3n) is 4.54. The summed E-state index contributed by atoms with van der Waals surface area (Å²) in [6, 6.07) is 12.8. The molecule has 2 heterocycles. The predicted octanol–water partition coefficient (Wildman–Crippen LogP) is 3.30. The minimum Gasteiger partial charge on any atom is -0.478 e. The van der Waals surface area contributed by atoms with Gasteiger partial charge in [-0.1, -0.05) is 18.2 Å². The van der Waals surface area contributed by atoms with Crippen LogP contribution in [0.5, 0.6) is 11.5 Å². The van der Waals surface area contributed by atoms with E-state index >= 15 is 0 Å². The summed E-state index contributed by atoms with van der Waals surface area (Å²) in [6.45, 7) is 0.796. The van der Waals surface area contributed by atoms with Crippen molar-refractivity contribution >= 4 is 11.7 Å². The maximum atomic E-state index is 11.4. The van der Waals surface area contributed by atoms with Gasteiger partial charge in [-0.05, 0) is 38.4 Å². The molecule has 130 valence electrons. The van der Waals surface area contributed by atoms with Crippen LogP contribution in [0, 0.1) is 0 Å². The van der Waals surface area contributed by atoms with Crippen LogP contribution in [-0.4, -0.2) is 42.7 Å². The first kappa shape index (κ1) is 15.9. The SMILES string of the molecule is CN(C)CC1CC2c3ccccc3Oc3ccc(C(=O)O)cc3N2O1. The van der Waals surface area contributed by atoms with Gasteiger partial charge in [0.05, 0.1) is 11.6 Å². The highest BCUT2D eigenvalue weighted by atomic mass is 16.7. The highest BCUT2D eigenvalue weighted by Crippen LogP contribution is 2.49. The van der Waals surface area contributed by atoms with Gasteiger partial charge >= 0.3 is 5.97 Å². The van der Waals surface area contributed by atoms with Crippen LogP contribution >= 0.6 is 0 Å². The van der Waals surface area contributed by atoms with Crippen molar-refractivity contribution in [2.45, 2.75) is 18.6 Å². The molecule has 1 fully saturated rings. The second-order valence-electron chi connectivity index (χ2n) is 6.69. The van der Waals surface area contributed by atoms with E-state index in [1.807, 2.05) is 43.4 Å². The van der Waals surface area contributed by atoms with Crippen molar-refractivity contribution < 1.29 is 19.5 Å². The minimum absolute atomic E-state index is 0.00792. The zero-order valence-corrected chi connectivity index (χ0v) is 14.2. The molecule has 25 heavy (non-hydrogen) atoms. The van der Waals surface area contributed by atoms with Gasteiger partial charge in [0.2, 0.25) is 0 Å². The number of hydrogen-bond acceptors (Lipinski definition) is 5. The summed E-state index contributed by atoms with van der Waals surface area (Å²) in [5, 5.41) is 11.2.